The molecule has 0 aliphatic rings. The van der Waals surface area contributed by atoms with E-state index in [9.17, 15) is 0 Å². The molecule has 0 spiro atoms. The van der Waals surface area contributed by atoms with Gasteiger partial charge in [-0.25, -0.2) is 0 Å². The maximum absolute atomic E-state index is 8.85. The van der Waals surface area contributed by atoms with Gasteiger partial charge in [-0.15, -0.1) is 11.8 Å². The van der Waals surface area contributed by atoms with Gasteiger partial charge in [-0.2, -0.15) is 0 Å². The van der Waals surface area contributed by atoms with E-state index in [-0.39, 0.29) is 6.61 Å². The zero-order valence-electron chi connectivity index (χ0n) is 10.2. The van der Waals surface area contributed by atoms with Crippen LogP contribution >= 0.6 is 11.8 Å². The van der Waals surface area contributed by atoms with Crippen LogP contribution in [0.2, 0.25) is 0 Å². The lowest BCUT2D eigenvalue weighted by Gasteiger charge is -2.16. The van der Waals surface area contributed by atoms with Crippen LogP contribution in [0.4, 0.5) is 0 Å². The summed E-state index contributed by atoms with van der Waals surface area (Å²) in [7, 11) is 3.33. The highest BCUT2D eigenvalue weighted by Gasteiger charge is 2.13. The first-order valence-corrected chi connectivity index (χ1v) is 6.10. The van der Waals surface area contributed by atoms with E-state index in [1.165, 1.54) is 0 Å². The summed E-state index contributed by atoms with van der Waals surface area (Å²) in [5.74, 6) is 2.39. The number of ether oxygens (including phenoxy) is 2. The van der Waals surface area contributed by atoms with E-state index in [1.807, 2.05) is 19.9 Å². The largest absolute Gasteiger partial charge is 0.496 e. The van der Waals surface area contributed by atoms with Gasteiger partial charge in [0.25, 0.3) is 0 Å². The Hall–Kier alpha value is -0.870. The van der Waals surface area contributed by atoms with E-state index < -0.39 is 0 Å². The van der Waals surface area contributed by atoms with Gasteiger partial charge >= 0.3 is 0 Å². The van der Waals surface area contributed by atoms with Gasteiger partial charge in [-0.3, -0.25) is 0 Å². The molecule has 16 heavy (non-hydrogen) atoms. The number of aliphatic hydroxyl groups is 1. The van der Waals surface area contributed by atoms with Gasteiger partial charge in [-0.1, -0.05) is 0 Å². The summed E-state index contributed by atoms with van der Waals surface area (Å²) < 4.78 is 10.7. The maximum Gasteiger partial charge on any atom is 0.135 e. The summed E-state index contributed by atoms with van der Waals surface area (Å²) in [6.45, 7) is 4.18. The molecule has 0 bridgehead atoms. The number of benzene rings is 1. The molecule has 1 N–H and O–H groups in total. The quantitative estimate of drug-likeness (QED) is 0.805. The molecule has 1 rings (SSSR count). The zero-order chi connectivity index (χ0) is 12.1. The number of hydrogen-bond donors (Lipinski definition) is 1. The molecule has 0 atom stereocenters. The van der Waals surface area contributed by atoms with Gasteiger partial charge in [0, 0.05) is 5.75 Å². The van der Waals surface area contributed by atoms with Gasteiger partial charge in [0.15, 0.2) is 0 Å². The number of rotatable bonds is 5. The first kappa shape index (κ1) is 13.2. The smallest absolute Gasteiger partial charge is 0.135 e. The summed E-state index contributed by atoms with van der Waals surface area (Å²) in [6, 6.07) is 1.96. The molecule has 1 aromatic carbocycles. The van der Waals surface area contributed by atoms with E-state index in [2.05, 4.69) is 0 Å². The standard InChI is InChI=1S/C12H18O3S/c1-8-9(2)12(15-4)11(16-6-5-13)7-10(8)14-3/h7,13H,5-6H2,1-4H3. The summed E-state index contributed by atoms with van der Waals surface area (Å²) in [5, 5.41) is 8.85. The predicted octanol–water partition coefficient (Wildman–Crippen LogP) is 2.41. The van der Waals surface area contributed by atoms with E-state index in [0.717, 1.165) is 27.5 Å². The van der Waals surface area contributed by atoms with E-state index in [1.54, 1.807) is 26.0 Å². The number of aliphatic hydroxyl groups excluding tert-OH is 1. The Morgan fingerprint density at radius 2 is 1.88 bits per heavy atom. The lowest BCUT2D eigenvalue weighted by Crippen LogP contribution is -1.98. The van der Waals surface area contributed by atoms with Crippen molar-refractivity contribution in [3.05, 3.63) is 17.2 Å². The number of hydrogen-bond acceptors (Lipinski definition) is 4. The van der Waals surface area contributed by atoms with Crippen LogP contribution in [0, 0.1) is 13.8 Å². The van der Waals surface area contributed by atoms with Crippen molar-refractivity contribution < 1.29 is 14.6 Å². The molecule has 0 saturated heterocycles. The summed E-state index contributed by atoms with van der Waals surface area (Å²) in [4.78, 5) is 1.01. The minimum absolute atomic E-state index is 0.156. The third kappa shape index (κ3) is 2.62. The molecule has 90 valence electrons. The first-order chi connectivity index (χ1) is 7.65. The Labute approximate surface area is 101 Å². The zero-order valence-corrected chi connectivity index (χ0v) is 11.0. The van der Waals surface area contributed by atoms with Gasteiger partial charge in [0.1, 0.15) is 11.5 Å². The molecule has 0 aliphatic heterocycles. The van der Waals surface area contributed by atoms with Crippen molar-refractivity contribution in [2.45, 2.75) is 18.7 Å². The molecule has 0 fully saturated rings. The molecule has 0 aromatic heterocycles. The molecule has 4 heteroatoms. The van der Waals surface area contributed by atoms with Crippen molar-refractivity contribution in [3.63, 3.8) is 0 Å². The summed E-state index contributed by atoms with van der Waals surface area (Å²) in [5.41, 5.74) is 2.18. The normalized spacial score (nSPS) is 10.3. The molecular weight excluding hydrogens is 224 g/mol. The van der Waals surface area contributed by atoms with Crippen LogP contribution in [0.1, 0.15) is 11.1 Å². The first-order valence-electron chi connectivity index (χ1n) is 5.11. The van der Waals surface area contributed by atoms with Crippen LogP contribution in [0.3, 0.4) is 0 Å². The van der Waals surface area contributed by atoms with Crippen molar-refractivity contribution in [1.82, 2.24) is 0 Å². The van der Waals surface area contributed by atoms with Gasteiger partial charge in [-0.05, 0) is 31.0 Å². The maximum atomic E-state index is 8.85. The average molecular weight is 242 g/mol. The molecule has 0 unspecified atom stereocenters. The van der Waals surface area contributed by atoms with Crippen LogP contribution in [0.15, 0.2) is 11.0 Å². The Morgan fingerprint density at radius 1 is 1.19 bits per heavy atom. The van der Waals surface area contributed by atoms with Gasteiger partial charge in [0.2, 0.25) is 0 Å². The second-order valence-electron chi connectivity index (χ2n) is 3.43. The van der Waals surface area contributed by atoms with Gasteiger partial charge < -0.3 is 14.6 Å². The molecular formula is C12H18O3S. The van der Waals surface area contributed by atoms with Crippen molar-refractivity contribution in [3.8, 4) is 11.5 Å². The molecule has 0 saturated carbocycles. The fourth-order valence-electron chi connectivity index (χ4n) is 1.56. The SMILES string of the molecule is COc1cc(SCCO)c(OC)c(C)c1C. The molecule has 0 radical (unpaired) electrons. The highest BCUT2D eigenvalue weighted by molar-refractivity contribution is 7.99. The fourth-order valence-corrected chi connectivity index (χ4v) is 2.43. The second-order valence-corrected chi connectivity index (χ2v) is 4.57. The van der Waals surface area contributed by atoms with Gasteiger partial charge in [0.05, 0.1) is 25.7 Å². The van der Waals surface area contributed by atoms with Crippen molar-refractivity contribution in [1.29, 1.82) is 0 Å². The van der Waals surface area contributed by atoms with E-state index in [4.69, 9.17) is 14.6 Å². The fraction of sp³-hybridized carbons (Fsp3) is 0.500. The Bertz CT molecular complexity index is 364. The molecule has 0 amide bonds. The van der Waals surface area contributed by atoms with Crippen molar-refractivity contribution >= 4 is 11.8 Å². The monoisotopic (exact) mass is 242 g/mol. The lowest BCUT2D eigenvalue weighted by atomic mass is 10.1. The minimum Gasteiger partial charge on any atom is -0.496 e. The minimum atomic E-state index is 0.156. The highest BCUT2D eigenvalue weighted by Crippen LogP contribution is 2.38. The topological polar surface area (TPSA) is 38.7 Å². The summed E-state index contributed by atoms with van der Waals surface area (Å²) >= 11 is 1.57. The molecule has 3 nitrogen and oxygen atoms in total. The van der Waals surface area contributed by atoms with Crippen molar-refractivity contribution in [2.75, 3.05) is 26.6 Å². The third-order valence-electron chi connectivity index (χ3n) is 2.53. The molecule has 0 heterocycles. The number of methoxy groups -OCH3 is 2. The van der Waals surface area contributed by atoms with Crippen LogP contribution in [0.5, 0.6) is 11.5 Å². The predicted molar refractivity (Wildman–Crippen MR) is 66.8 cm³/mol. The highest BCUT2D eigenvalue weighted by atomic mass is 32.2. The molecule has 0 aliphatic carbocycles. The Morgan fingerprint density at radius 3 is 2.38 bits per heavy atom. The van der Waals surface area contributed by atoms with Crippen LogP contribution in [0.25, 0.3) is 0 Å². The molecule has 1 aromatic rings. The van der Waals surface area contributed by atoms with Crippen LogP contribution in [-0.2, 0) is 0 Å². The lowest BCUT2D eigenvalue weighted by molar-refractivity contribution is 0.322. The van der Waals surface area contributed by atoms with E-state index >= 15 is 0 Å². The Balaban J connectivity index is 3.18. The van der Waals surface area contributed by atoms with Crippen molar-refractivity contribution in [2.24, 2.45) is 0 Å². The van der Waals surface area contributed by atoms with E-state index in [0.29, 0.717) is 5.75 Å². The average Bonchev–Trinajstić information content (AvgIpc) is 2.30. The van der Waals surface area contributed by atoms with Crippen LogP contribution < -0.4 is 9.47 Å². The second kappa shape index (κ2) is 6.01. The third-order valence-corrected chi connectivity index (χ3v) is 3.53. The van der Waals surface area contributed by atoms with Crippen LogP contribution in [-0.4, -0.2) is 31.7 Å². The number of thioether (sulfide) groups is 1. The summed E-state index contributed by atoms with van der Waals surface area (Å²) in [6.07, 6.45) is 0. The Kier molecular flexibility index (Phi) is 4.96.